The minimum atomic E-state index is 0.0887. The van der Waals surface area contributed by atoms with Crippen LogP contribution in [0, 0.1) is 34.5 Å². The van der Waals surface area contributed by atoms with Crippen LogP contribution in [-0.4, -0.2) is 0 Å². The maximum absolute atomic E-state index is 10.2. The van der Waals surface area contributed by atoms with E-state index in [4.69, 9.17) is 0 Å². The first-order valence-corrected chi connectivity index (χ1v) is 20.1. The van der Waals surface area contributed by atoms with Gasteiger partial charge in [-0.05, 0) is 95.2 Å². The van der Waals surface area contributed by atoms with Gasteiger partial charge in [-0.15, -0.1) is 11.3 Å². The first-order valence-electron chi connectivity index (χ1n) is 19.3. The Bertz CT molecular complexity index is 3400. The molecular formula is C54H32N2S. The van der Waals surface area contributed by atoms with Crippen LogP contribution in [0.4, 0.5) is 0 Å². The molecule has 1 aromatic heterocycles. The molecule has 57 heavy (non-hydrogen) atoms. The van der Waals surface area contributed by atoms with Crippen molar-refractivity contribution in [1.29, 1.82) is 10.5 Å². The first kappa shape index (κ1) is 33.1. The lowest BCUT2D eigenvalue weighted by atomic mass is 9.69. The highest BCUT2D eigenvalue weighted by molar-refractivity contribution is 7.25. The lowest BCUT2D eigenvalue weighted by Crippen LogP contribution is -2.40. The summed E-state index contributed by atoms with van der Waals surface area (Å²) in [6.07, 6.45) is 9.01. The van der Waals surface area contributed by atoms with Gasteiger partial charge >= 0.3 is 0 Å². The van der Waals surface area contributed by atoms with E-state index in [-0.39, 0.29) is 11.8 Å². The number of allylic oxidation sites excluding steroid dienone is 4. The summed E-state index contributed by atoms with van der Waals surface area (Å²) in [6.45, 7) is 0. The van der Waals surface area contributed by atoms with E-state index >= 15 is 0 Å². The summed E-state index contributed by atoms with van der Waals surface area (Å²) in [5.41, 5.74) is 10.6. The summed E-state index contributed by atoms with van der Waals surface area (Å²) >= 11 is 1.85. The van der Waals surface area contributed by atoms with Gasteiger partial charge in [0.2, 0.25) is 0 Å². The zero-order valence-corrected chi connectivity index (χ0v) is 31.6. The molecule has 264 valence electrons. The van der Waals surface area contributed by atoms with E-state index in [0.717, 1.165) is 27.5 Å². The van der Waals surface area contributed by atoms with Crippen molar-refractivity contribution in [2.75, 3.05) is 0 Å². The van der Waals surface area contributed by atoms with E-state index in [1.54, 1.807) is 0 Å². The molecular weight excluding hydrogens is 709 g/mol. The highest BCUT2D eigenvalue weighted by Crippen LogP contribution is 2.48. The molecule has 0 radical (unpaired) electrons. The predicted octanol–water partition coefficient (Wildman–Crippen LogP) is 12.2. The van der Waals surface area contributed by atoms with E-state index in [0.29, 0.717) is 11.1 Å². The van der Waals surface area contributed by atoms with Crippen molar-refractivity contribution in [2.24, 2.45) is 11.8 Å². The van der Waals surface area contributed by atoms with Crippen molar-refractivity contribution >= 4 is 64.2 Å². The lowest BCUT2D eigenvalue weighted by molar-refractivity contribution is 0.687. The van der Waals surface area contributed by atoms with Crippen LogP contribution in [0.5, 0.6) is 0 Å². The van der Waals surface area contributed by atoms with Crippen LogP contribution in [0.1, 0.15) is 22.3 Å². The topological polar surface area (TPSA) is 47.6 Å². The summed E-state index contributed by atoms with van der Waals surface area (Å²) in [6, 6.07) is 60.7. The van der Waals surface area contributed by atoms with Gasteiger partial charge < -0.3 is 0 Å². The number of nitrogens with zero attached hydrogens (tertiary/aromatic N) is 2. The molecule has 0 saturated carbocycles. The molecule has 2 unspecified atom stereocenters. The highest BCUT2D eigenvalue weighted by atomic mass is 32.1. The largest absolute Gasteiger partial charge is 0.192 e. The fourth-order valence-electron chi connectivity index (χ4n) is 9.67. The minimum Gasteiger partial charge on any atom is -0.192 e. The molecule has 2 nitrogen and oxygen atoms in total. The monoisotopic (exact) mass is 740 g/mol. The number of rotatable bonds is 4. The van der Waals surface area contributed by atoms with Crippen molar-refractivity contribution in [1.82, 2.24) is 0 Å². The molecule has 2 aliphatic carbocycles. The molecule has 2 aliphatic rings. The summed E-state index contributed by atoms with van der Waals surface area (Å²) < 4.78 is 2.51. The number of fused-ring (bicyclic) bond motifs is 7. The molecule has 1 heterocycles. The molecule has 8 aromatic carbocycles. The van der Waals surface area contributed by atoms with Gasteiger partial charge in [-0.1, -0.05) is 158 Å². The number of hydrogen-bond acceptors (Lipinski definition) is 3. The minimum absolute atomic E-state index is 0.0887. The second kappa shape index (κ2) is 13.2. The SMILES string of the molecule is N#Cc1ccccc1C1=c2ccccc2=C(c2cccc3sc4cc(-c5c6ccccc6c(-c6ccccc6C#N)c6ccccc56)ccc4c23)C2C=CC=CC12. The summed E-state index contributed by atoms with van der Waals surface area (Å²) in [5, 5.41) is 29.9. The Kier molecular flexibility index (Phi) is 7.65. The molecule has 0 amide bonds. The van der Waals surface area contributed by atoms with E-state index in [1.165, 1.54) is 69.2 Å². The van der Waals surface area contributed by atoms with Crippen LogP contribution >= 0.6 is 11.3 Å². The Labute approximate surface area is 334 Å². The molecule has 0 saturated heterocycles. The van der Waals surface area contributed by atoms with E-state index < -0.39 is 0 Å². The zero-order chi connectivity index (χ0) is 38.0. The molecule has 0 aliphatic heterocycles. The van der Waals surface area contributed by atoms with Gasteiger partial charge in [0.05, 0.1) is 23.3 Å². The maximum Gasteiger partial charge on any atom is 0.0998 e. The fourth-order valence-corrected chi connectivity index (χ4v) is 10.8. The Balaban J connectivity index is 1.17. The van der Waals surface area contributed by atoms with E-state index in [1.807, 2.05) is 47.7 Å². The zero-order valence-electron chi connectivity index (χ0n) is 30.8. The van der Waals surface area contributed by atoms with Gasteiger partial charge in [-0.25, -0.2) is 0 Å². The molecule has 0 fully saturated rings. The molecule has 11 rings (SSSR count). The molecule has 9 aromatic rings. The van der Waals surface area contributed by atoms with Crippen molar-refractivity contribution in [3.8, 4) is 34.4 Å². The maximum atomic E-state index is 10.2. The lowest BCUT2D eigenvalue weighted by Gasteiger charge is -2.33. The predicted molar refractivity (Wildman–Crippen MR) is 237 cm³/mol. The number of nitriles is 2. The third-order valence-corrected chi connectivity index (χ3v) is 13.1. The number of benzene rings is 8. The average molecular weight is 741 g/mol. The summed E-state index contributed by atoms with van der Waals surface area (Å²) in [7, 11) is 0. The van der Waals surface area contributed by atoms with Crippen LogP contribution in [0.25, 0.3) is 75.1 Å². The molecule has 3 heteroatoms. The Hall–Kier alpha value is -7.30. The van der Waals surface area contributed by atoms with Gasteiger partial charge in [0, 0.05) is 37.6 Å². The molecule has 0 N–H and O–H groups in total. The van der Waals surface area contributed by atoms with Crippen LogP contribution in [0.15, 0.2) is 182 Å². The Morgan fingerprint density at radius 2 is 0.930 bits per heavy atom. The smallest absolute Gasteiger partial charge is 0.0998 e. The van der Waals surface area contributed by atoms with Gasteiger partial charge in [0.1, 0.15) is 0 Å². The van der Waals surface area contributed by atoms with E-state index in [2.05, 4.69) is 158 Å². The van der Waals surface area contributed by atoms with Crippen LogP contribution in [0.3, 0.4) is 0 Å². The van der Waals surface area contributed by atoms with E-state index in [9.17, 15) is 10.5 Å². The fraction of sp³-hybridized carbons (Fsp3) is 0.0370. The summed E-state index contributed by atoms with van der Waals surface area (Å²) in [4.78, 5) is 0. The molecule has 0 bridgehead atoms. The number of thiophene rings is 1. The van der Waals surface area contributed by atoms with Gasteiger partial charge in [-0.2, -0.15) is 10.5 Å². The first-order chi connectivity index (χ1) is 28.2. The quantitative estimate of drug-likeness (QED) is 0.169. The Morgan fingerprint density at radius 3 is 1.56 bits per heavy atom. The van der Waals surface area contributed by atoms with Crippen LogP contribution in [0.2, 0.25) is 0 Å². The molecule has 0 spiro atoms. The normalized spacial score (nSPS) is 15.8. The number of hydrogen-bond donors (Lipinski definition) is 0. The van der Waals surface area contributed by atoms with Gasteiger partial charge in [0.25, 0.3) is 0 Å². The van der Waals surface area contributed by atoms with Crippen molar-refractivity contribution in [2.45, 2.75) is 0 Å². The standard InChI is InChI=1S/C54H32N2S/c55-31-34-14-1-3-16-36(34)51-40-20-7-5-18-38(40)50(39-19-6-8-21-41(39)51)33-28-29-46-49(30-33)57-48-27-13-26-47(54(46)48)53-44-24-11-9-22-42(44)52(43-23-10-12-25-45(43)53)37-17-4-2-15-35(37)32-56/h1-30,42,44H. The van der Waals surface area contributed by atoms with Crippen molar-refractivity contribution in [3.05, 3.63) is 215 Å². The van der Waals surface area contributed by atoms with Gasteiger partial charge in [-0.3, -0.25) is 0 Å². The third-order valence-electron chi connectivity index (χ3n) is 12.0. The van der Waals surface area contributed by atoms with Crippen LogP contribution in [-0.2, 0) is 0 Å². The average Bonchev–Trinajstić information content (AvgIpc) is 3.65. The van der Waals surface area contributed by atoms with Crippen molar-refractivity contribution in [3.63, 3.8) is 0 Å². The van der Waals surface area contributed by atoms with Crippen LogP contribution < -0.4 is 10.4 Å². The van der Waals surface area contributed by atoms with Crippen molar-refractivity contribution < 1.29 is 0 Å². The van der Waals surface area contributed by atoms with Gasteiger partial charge in [0.15, 0.2) is 0 Å². The third kappa shape index (κ3) is 5.00. The Morgan fingerprint density at radius 1 is 0.421 bits per heavy atom. The highest BCUT2D eigenvalue weighted by Gasteiger charge is 2.33. The molecule has 2 atom stereocenters. The summed E-state index contributed by atoms with van der Waals surface area (Å²) in [5.74, 6) is 0.194. The second-order valence-electron chi connectivity index (χ2n) is 14.8. The second-order valence-corrected chi connectivity index (χ2v) is 15.9.